The highest BCUT2D eigenvalue weighted by Crippen LogP contribution is 2.46. The first kappa shape index (κ1) is 38.7. The number of nitrogens with zero attached hydrogens (tertiary/aromatic N) is 5. The van der Waals surface area contributed by atoms with Gasteiger partial charge in [0.05, 0.1) is 17.1 Å². The second kappa shape index (κ2) is 15.0. The molecule has 0 amide bonds. The van der Waals surface area contributed by atoms with Crippen molar-refractivity contribution in [2.45, 2.75) is 108 Å². The third-order valence-corrected chi connectivity index (χ3v) is 19.2. The molecule has 3 saturated heterocycles. The van der Waals surface area contributed by atoms with Gasteiger partial charge in [-0.2, -0.15) is 9.97 Å². The summed E-state index contributed by atoms with van der Waals surface area (Å²) in [5.74, 6) is 3.19. The van der Waals surface area contributed by atoms with Crippen molar-refractivity contribution in [1.82, 2.24) is 19.9 Å². The largest absolute Gasteiger partial charge is 0.475 e. The minimum atomic E-state index is -2.30. The number of halogens is 3. The van der Waals surface area contributed by atoms with Gasteiger partial charge in [0.1, 0.15) is 61.4 Å². The van der Waals surface area contributed by atoms with E-state index in [4.69, 9.17) is 33.9 Å². The van der Waals surface area contributed by atoms with Gasteiger partial charge in [-0.15, -0.1) is 5.54 Å². The van der Waals surface area contributed by atoms with Crippen LogP contribution in [0.2, 0.25) is 16.6 Å². The number of hydrogen-bond donors (Lipinski definition) is 0. The highest BCUT2D eigenvalue weighted by atomic mass is 28.3. The van der Waals surface area contributed by atoms with E-state index in [9.17, 15) is 4.39 Å². The fraction of sp³-hybridized carbons (Fsp3) is 0.558. The van der Waals surface area contributed by atoms with E-state index in [-0.39, 0.29) is 53.7 Å². The van der Waals surface area contributed by atoms with Gasteiger partial charge >= 0.3 is 6.01 Å². The number of ether oxygens (including phenoxy) is 4. The van der Waals surface area contributed by atoms with Gasteiger partial charge in [0.25, 0.3) is 0 Å². The lowest BCUT2D eigenvalue weighted by molar-refractivity contribution is 0.0512. The summed E-state index contributed by atoms with van der Waals surface area (Å²) in [6, 6.07) is 6.51. The van der Waals surface area contributed by atoms with E-state index >= 15 is 8.78 Å². The standard InChI is InChI=1S/C43H52F3N5O4Si/c1-25(2)56(26(3)4,27(5)6)17-13-32-34(45)12-11-28-18-31(55-24-52-7)19-33(35(28)32)38-37(46)39-36-40(51-16-8-10-30(51)22-53-41(36)47-38)49-42(48-39)54-23-43-14-9-15-50(43)21-29(44)20-43/h11-12,18-19,25-27,29-30H,8-10,14-16,20-24H2,1-7H3/t29-,30+,43+/m1/s1. The molecule has 8 rings (SSSR count). The molecule has 56 heavy (non-hydrogen) atoms. The average molecular weight is 788 g/mol. The maximum absolute atomic E-state index is 17.6. The topological polar surface area (TPSA) is 82.1 Å². The fourth-order valence-electron chi connectivity index (χ4n) is 10.3. The summed E-state index contributed by atoms with van der Waals surface area (Å²) in [7, 11) is -0.780. The Hall–Kier alpha value is -4.12. The molecular formula is C43H52F3N5O4Si. The van der Waals surface area contributed by atoms with Gasteiger partial charge in [-0.1, -0.05) is 53.5 Å². The third kappa shape index (κ3) is 6.45. The van der Waals surface area contributed by atoms with Crippen LogP contribution >= 0.6 is 0 Å². The summed E-state index contributed by atoms with van der Waals surface area (Å²) < 4.78 is 72.5. The van der Waals surface area contributed by atoms with Crippen LogP contribution in [-0.4, -0.2) is 92.4 Å². The number of benzene rings is 2. The molecule has 298 valence electrons. The maximum atomic E-state index is 17.6. The molecule has 9 nitrogen and oxygen atoms in total. The molecule has 4 aliphatic rings. The number of hydrogen-bond acceptors (Lipinski definition) is 9. The van der Waals surface area contributed by atoms with E-state index in [1.807, 2.05) is 0 Å². The van der Waals surface area contributed by atoms with Crippen molar-refractivity contribution < 1.29 is 32.1 Å². The Balaban J connectivity index is 1.35. The van der Waals surface area contributed by atoms with E-state index in [2.05, 4.69) is 62.8 Å². The quantitative estimate of drug-likeness (QED) is 0.0889. The predicted octanol–water partition coefficient (Wildman–Crippen LogP) is 8.99. The predicted molar refractivity (Wildman–Crippen MR) is 215 cm³/mol. The van der Waals surface area contributed by atoms with Crippen molar-refractivity contribution in [3.05, 3.63) is 41.5 Å². The smallest absolute Gasteiger partial charge is 0.319 e. The van der Waals surface area contributed by atoms with E-state index in [0.717, 1.165) is 32.2 Å². The Kier molecular flexibility index (Phi) is 10.4. The molecule has 3 fully saturated rings. The van der Waals surface area contributed by atoms with Gasteiger partial charge in [0, 0.05) is 37.6 Å². The minimum Gasteiger partial charge on any atom is -0.475 e. The Bertz CT molecular complexity index is 2210. The van der Waals surface area contributed by atoms with E-state index in [1.54, 1.807) is 18.2 Å². The van der Waals surface area contributed by atoms with Crippen LogP contribution in [0.5, 0.6) is 17.6 Å². The van der Waals surface area contributed by atoms with Crippen molar-refractivity contribution >= 4 is 35.6 Å². The van der Waals surface area contributed by atoms with E-state index < -0.39 is 31.4 Å². The zero-order valence-corrected chi connectivity index (χ0v) is 34.5. The zero-order chi connectivity index (χ0) is 39.5. The summed E-state index contributed by atoms with van der Waals surface area (Å²) in [5.41, 5.74) is 4.56. The number of methoxy groups -OCH3 is 1. The van der Waals surface area contributed by atoms with Gasteiger partial charge in [-0.3, -0.25) is 4.90 Å². The van der Waals surface area contributed by atoms with Gasteiger partial charge in [-0.25, -0.2) is 18.2 Å². The number of alkyl halides is 1. The monoisotopic (exact) mass is 787 g/mol. The SMILES string of the molecule is COCOc1cc(-c2nc3c4c(nc(OC[C@@]56CCCN5C[C@H](F)C6)nc4c2F)N2CCC[C@H]2CO3)c2c(C#C[Si](C(C)C)(C(C)C)C(C)C)c(F)ccc2c1. The molecule has 0 bridgehead atoms. The van der Waals surface area contributed by atoms with Crippen molar-refractivity contribution in [2.24, 2.45) is 0 Å². The molecule has 3 atom stereocenters. The van der Waals surface area contributed by atoms with Crippen molar-refractivity contribution in [1.29, 1.82) is 0 Å². The number of fused-ring (bicyclic) bond motifs is 4. The molecule has 0 saturated carbocycles. The van der Waals surface area contributed by atoms with Crippen LogP contribution in [0.25, 0.3) is 32.9 Å². The molecule has 0 N–H and O–H groups in total. The van der Waals surface area contributed by atoms with Crippen LogP contribution in [-0.2, 0) is 4.74 Å². The van der Waals surface area contributed by atoms with Gasteiger partial charge in [0.2, 0.25) is 5.88 Å². The summed E-state index contributed by atoms with van der Waals surface area (Å²) in [4.78, 5) is 18.8. The lowest BCUT2D eigenvalue weighted by Gasteiger charge is -2.38. The molecule has 6 heterocycles. The molecule has 0 spiro atoms. The number of aromatic nitrogens is 3. The summed E-state index contributed by atoms with van der Waals surface area (Å²) in [6.07, 6.45) is 3.04. The third-order valence-electron chi connectivity index (χ3n) is 12.9. The second-order valence-corrected chi connectivity index (χ2v) is 22.6. The number of anilines is 1. The van der Waals surface area contributed by atoms with Gasteiger partial charge < -0.3 is 23.8 Å². The Morgan fingerprint density at radius 2 is 1.77 bits per heavy atom. The first-order valence-corrected chi connectivity index (χ1v) is 22.3. The molecule has 4 aromatic rings. The van der Waals surface area contributed by atoms with Crippen LogP contribution in [0.4, 0.5) is 19.0 Å². The summed E-state index contributed by atoms with van der Waals surface area (Å²) in [6.45, 7) is 15.6. The molecule has 2 aromatic carbocycles. The fourth-order valence-corrected chi connectivity index (χ4v) is 15.5. The van der Waals surface area contributed by atoms with Gasteiger partial charge in [0.15, 0.2) is 12.6 Å². The van der Waals surface area contributed by atoms with Crippen LogP contribution in [0.1, 0.15) is 79.2 Å². The lowest BCUT2D eigenvalue weighted by Crippen LogP contribution is -2.43. The van der Waals surface area contributed by atoms with Gasteiger partial charge in [-0.05, 0) is 72.4 Å². The van der Waals surface area contributed by atoms with Crippen LogP contribution in [0.15, 0.2) is 24.3 Å². The number of rotatable bonds is 10. The maximum Gasteiger partial charge on any atom is 0.319 e. The molecule has 0 radical (unpaired) electrons. The minimum absolute atomic E-state index is 0.00239. The van der Waals surface area contributed by atoms with E-state index in [1.165, 1.54) is 13.2 Å². The first-order valence-electron chi connectivity index (χ1n) is 20.1. The van der Waals surface area contributed by atoms with E-state index in [0.29, 0.717) is 70.5 Å². The Morgan fingerprint density at radius 1 is 0.982 bits per heavy atom. The summed E-state index contributed by atoms with van der Waals surface area (Å²) in [5, 5.41) is 1.38. The Labute approximate surface area is 328 Å². The zero-order valence-electron chi connectivity index (χ0n) is 33.5. The van der Waals surface area contributed by atoms with Crippen molar-refractivity contribution in [3.8, 4) is 40.4 Å². The molecule has 0 aliphatic carbocycles. The molecule has 4 aliphatic heterocycles. The van der Waals surface area contributed by atoms with Crippen molar-refractivity contribution in [3.63, 3.8) is 0 Å². The molecule has 0 unspecified atom stereocenters. The number of pyridine rings is 1. The highest BCUT2D eigenvalue weighted by Gasteiger charge is 2.49. The van der Waals surface area contributed by atoms with Crippen LogP contribution in [0.3, 0.4) is 0 Å². The van der Waals surface area contributed by atoms with Crippen LogP contribution in [0, 0.1) is 23.1 Å². The Morgan fingerprint density at radius 3 is 2.52 bits per heavy atom. The molecular weight excluding hydrogens is 736 g/mol. The molecule has 2 aromatic heterocycles. The average Bonchev–Trinajstić information content (AvgIpc) is 3.84. The lowest BCUT2D eigenvalue weighted by atomic mass is 9.95. The highest BCUT2D eigenvalue weighted by molar-refractivity contribution is 6.90. The second-order valence-electron chi connectivity index (χ2n) is 17.0. The first-order chi connectivity index (χ1) is 26.9. The summed E-state index contributed by atoms with van der Waals surface area (Å²) >= 11 is 0. The normalized spacial score (nSPS) is 22.1. The molecule has 13 heteroatoms. The van der Waals surface area contributed by atoms with Crippen molar-refractivity contribution in [2.75, 3.05) is 51.7 Å². The van der Waals surface area contributed by atoms with Crippen LogP contribution < -0.4 is 19.1 Å².